The summed E-state index contributed by atoms with van der Waals surface area (Å²) in [7, 11) is -0.596. The fourth-order valence-electron chi connectivity index (χ4n) is 4.42. The largest absolute Gasteiger partial charge is 0.495 e. The fraction of sp³-hybridized carbons (Fsp3) is 0.483. The highest BCUT2D eigenvalue weighted by Gasteiger charge is 2.52. The Morgan fingerprint density at radius 3 is 2.28 bits per heavy atom. The van der Waals surface area contributed by atoms with E-state index in [1.165, 1.54) is 11.8 Å². The van der Waals surface area contributed by atoms with Crippen LogP contribution in [0.5, 0.6) is 0 Å². The topological polar surface area (TPSA) is 88.9 Å². The summed E-state index contributed by atoms with van der Waals surface area (Å²) in [5, 5.41) is 6.04. The van der Waals surface area contributed by atoms with Gasteiger partial charge in [-0.05, 0) is 56.9 Å². The van der Waals surface area contributed by atoms with Crippen molar-refractivity contribution < 1.29 is 23.6 Å². The van der Waals surface area contributed by atoms with Gasteiger partial charge in [-0.1, -0.05) is 50.0 Å². The molecule has 2 heterocycles. The molecule has 1 aromatic heterocycles. The summed E-state index contributed by atoms with van der Waals surface area (Å²) in [6.45, 7) is 15.4. The molecule has 1 fully saturated rings. The van der Waals surface area contributed by atoms with Gasteiger partial charge in [0.2, 0.25) is 0 Å². The van der Waals surface area contributed by atoms with Crippen molar-refractivity contribution in [2.45, 2.75) is 77.7 Å². The zero-order valence-electron chi connectivity index (χ0n) is 24.3. The minimum Gasteiger partial charge on any atom is -0.465 e. The first-order chi connectivity index (χ1) is 18.2. The van der Waals surface area contributed by atoms with Gasteiger partial charge < -0.3 is 18.8 Å². The lowest BCUT2D eigenvalue weighted by Gasteiger charge is -2.32. The van der Waals surface area contributed by atoms with Gasteiger partial charge >= 0.3 is 13.1 Å². The maximum absolute atomic E-state index is 13.1. The van der Waals surface area contributed by atoms with Gasteiger partial charge in [-0.25, -0.2) is 9.48 Å². The molecule has 0 amide bonds. The number of methoxy groups -OCH3 is 1. The van der Waals surface area contributed by atoms with Crippen molar-refractivity contribution in [3.63, 3.8) is 0 Å². The van der Waals surface area contributed by atoms with Crippen LogP contribution in [-0.2, 0) is 31.9 Å². The van der Waals surface area contributed by atoms with Crippen molar-refractivity contribution >= 4 is 37.4 Å². The van der Waals surface area contributed by atoms with Gasteiger partial charge in [0.25, 0.3) is 5.56 Å². The van der Waals surface area contributed by atoms with Crippen LogP contribution in [0.2, 0.25) is 25.7 Å². The molecule has 1 aliphatic rings. The molecule has 208 valence electrons. The lowest BCUT2D eigenvalue weighted by Crippen LogP contribution is -2.41. The number of nitrogens with zero attached hydrogens (tertiary/aromatic N) is 2. The summed E-state index contributed by atoms with van der Waals surface area (Å²) in [5.41, 5.74) is 1.28. The quantitative estimate of drug-likeness (QED) is 0.222. The first kappa shape index (κ1) is 29.2. The van der Waals surface area contributed by atoms with Gasteiger partial charge in [0.1, 0.15) is 6.73 Å². The Hall–Kier alpha value is -2.79. The van der Waals surface area contributed by atoms with Gasteiger partial charge in [-0.15, -0.1) is 0 Å². The SMILES string of the molecule is COC(=O)c1cc(Cc2nn(COCC[Si](C)(C)C)c(=O)c3ccccc23)ccc1B1OC(C)(C)C(C)(C)O1. The Labute approximate surface area is 231 Å². The summed E-state index contributed by atoms with van der Waals surface area (Å²) < 4.78 is 24.8. The lowest BCUT2D eigenvalue weighted by atomic mass is 9.75. The lowest BCUT2D eigenvalue weighted by molar-refractivity contribution is 0.00578. The second-order valence-electron chi connectivity index (χ2n) is 12.3. The molecule has 0 bridgehead atoms. The van der Waals surface area contributed by atoms with Crippen molar-refractivity contribution in [3.8, 4) is 0 Å². The summed E-state index contributed by atoms with van der Waals surface area (Å²) in [4.78, 5) is 26.0. The Bertz CT molecular complexity index is 1410. The van der Waals surface area contributed by atoms with E-state index < -0.39 is 32.4 Å². The van der Waals surface area contributed by atoms with Crippen molar-refractivity contribution in [2.75, 3.05) is 13.7 Å². The maximum atomic E-state index is 13.1. The predicted molar refractivity (Wildman–Crippen MR) is 156 cm³/mol. The second-order valence-corrected chi connectivity index (χ2v) is 17.9. The molecule has 1 saturated heterocycles. The number of esters is 1. The van der Waals surface area contributed by atoms with Crippen molar-refractivity contribution in [1.29, 1.82) is 0 Å². The minimum absolute atomic E-state index is 0.0927. The molecule has 2 aromatic carbocycles. The molecular formula is C29H39BN2O6Si. The molecule has 0 N–H and O–H groups in total. The van der Waals surface area contributed by atoms with E-state index >= 15 is 0 Å². The average Bonchev–Trinajstić information content (AvgIpc) is 3.09. The second kappa shape index (κ2) is 11.0. The highest BCUT2D eigenvalue weighted by molar-refractivity contribution is 6.76. The number of carbonyl (C=O) groups is 1. The number of hydrogen-bond donors (Lipinski definition) is 0. The molecule has 0 unspecified atom stereocenters. The highest BCUT2D eigenvalue weighted by Crippen LogP contribution is 2.36. The molecule has 0 spiro atoms. The monoisotopic (exact) mass is 550 g/mol. The molecule has 39 heavy (non-hydrogen) atoms. The van der Waals surface area contributed by atoms with Crippen LogP contribution < -0.4 is 11.0 Å². The first-order valence-electron chi connectivity index (χ1n) is 13.4. The van der Waals surface area contributed by atoms with Gasteiger partial charge in [-0.3, -0.25) is 4.79 Å². The summed E-state index contributed by atoms with van der Waals surface area (Å²) in [5.74, 6) is -0.472. The Morgan fingerprint density at radius 2 is 1.67 bits per heavy atom. The molecule has 0 radical (unpaired) electrons. The van der Waals surface area contributed by atoms with E-state index in [9.17, 15) is 9.59 Å². The van der Waals surface area contributed by atoms with E-state index in [4.69, 9.17) is 18.8 Å². The summed E-state index contributed by atoms with van der Waals surface area (Å²) in [6.07, 6.45) is 0.406. The molecule has 1 aliphatic heterocycles. The first-order valence-corrected chi connectivity index (χ1v) is 17.1. The fourth-order valence-corrected chi connectivity index (χ4v) is 5.18. The van der Waals surface area contributed by atoms with E-state index in [1.54, 1.807) is 6.07 Å². The number of fused-ring (bicyclic) bond motifs is 1. The number of ether oxygens (including phenoxy) is 2. The van der Waals surface area contributed by atoms with Crippen molar-refractivity contribution in [2.24, 2.45) is 0 Å². The number of rotatable bonds is 9. The van der Waals surface area contributed by atoms with Crippen LogP contribution in [0.25, 0.3) is 10.8 Å². The van der Waals surface area contributed by atoms with E-state index in [1.807, 2.05) is 64.1 Å². The molecule has 0 atom stereocenters. The summed E-state index contributed by atoms with van der Waals surface area (Å²) in [6, 6.07) is 14.0. The molecule has 0 saturated carbocycles. The van der Waals surface area contributed by atoms with Crippen molar-refractivity contribution in [1.82, 2.24) is 9.78 Å². The van der Waals surface area contributed by atoms with Crippen LogP contribution in [0.15, 0.2) is 47.3 Å². The highest BCUT2D eigenvalue weighted by atomic mass is 28.3. The minimum atomic E-state index is -1.25. The van der Waals surface area contributed by atoms with Crippen LogP contribution >= 0.6 is 0 Å². The molecule has 0 aliphatic carbocycles. The number of aromatic nitrogens is 2. The predicted octanol–water partition coefficient (Wildman–Crippen LogP) is 4.39. The number of benzene rings is 2. The average molecular weight is 551 g/mol. The van der Waals surface area contributed by atoms with E-state index in [-0.39, 0.29) is 12.3 Å². The maximum Gasteiger partial charge on any atom is 0.495 e. The number of hydrogen-bond acceptors (Lipinski definition) is 7. The van der Waals surface area contributed by atoms with Crippen molar-refractivity contribution in [3.05, 3.63) is 69.6 Å². The van der Waals surface area contributed by atoms with E-state index in [2.05, 4.69) is 24.7 Å². The van der Waals surface area contributed by atoms with Gasteiger partial charge in [-0.2, -0.15) is 5.10 Å². The summed E-state index contributed by atoms with van der Waals surface area (Å²) >= 11 is 0. The Morgan fingerprint density at radius 1 is 1.03 bits per heavy atom. The van der Waals surface area contributed by atoms with E-state index in [0.717, 1.165) is 22.7 Å². The van der Waals surface area contributed by atoms with Crippen LogP contribution in [0.1, 0.15) is 49.3 Å². The molecular weight excluding hydrogens is 511 g/mol. The van der Waals surface area contributed by atoms with Crippen LogP contribution in [0.3, 0.4) is 0 Å². The Kier molecular flexibility index (Phi) is 8.24. The molecule has 3 aromatic rings. The van der Waals surface area contributed by atoms with E-state index in [0.29, 0.717) is 29.4 Å². The molecule has 10 heteroatoms. The van der Waals surface area contributed by atoms with Gasteiger partial charge in [0.15, 0.2) is 0 Å². The number of carbonyl (C=O) groups excluding carboxylic acids is 1. The third-order valence-corrected chi connectivity index (χ3v) is 9.26. The zero-order valence-corrected chi connectivity index (χ0v) is 25.3. The Balaban J connectivity index is 1.67. The molecule has 4 rings (SSSR count). The van der Waals surface area contributed by atoms with Gasteiger partial charge in [0.05, 0.1) is 35.0 Å². The normalized spacial score (nSPS) is 16.6. The van der Waals surface area contributed by atoms with Gasteiger partial charge in [0, 0.05) is 26.5 Å². The standard InChI is InChI=1S/C29H39BN2O6Si/c1-28(2)29(3,4)38-30(37-28)24-14-13-20(17-23(24)27(34)35-5)18-25-21-11-9-10-12-22(21)26(33)32(31-25)19-36-15-16-39(6,7)8/h9-14,17H,15-16,18-19H2,1-8H3. The smallest absolute Gasteiger partial charge is 0.465 e. The third kappa shape index (κ3) is 6.35. The zero-order chi connectivity index (χ0) is 28.6. The molecule has 8 nitrogen and oxygen atoms in total. The van der Waals surface area contributed by atoms with Crippen LogP contribution in [0.4, 0.5) is 0 Å². The van der Waals surface area contributed by atoms with Crippen LogP contribution in [-0.4, -0.2) is 55.9 Å². The third-order valence-electron chi connectivity index (χ3n) is 7.56. The van der Waals surface area contributed by atoms with Crippen LogP contribution in [0, 0.1) is 0 Å².